The van der Waals surface area contributed by atoms with Gasteiger partial charge in [0, 0.05) is 27.8 Å². The van der Waals surface area contributed by atoms with Crippen LogP contribution in [0.3, 0.4) is 0 Å². The molecule has 58 heavy (non-hydrogen) atoms. The average Bonchev–Trinajstić information content (AvgIpc) is 3.32. The molecule has 0 aliphatic carbocycles. The third-order valence-electron chi connectivity index (χ3n) is 10.5. The van der Waals surface area contributed by atoms with E-state index in [-0.39, 0.29) is 0 Å². The first-order chi connectivity index (χ1) is 28.7. The van der Waals surface area contributed by atoms with Crippen LogP contribution in [0.5, 0.6) is 0 Å². The van der Waals surface area contributed by atoms with Gasteiger partial charge in [-0.3, -0.25) is 0 Å². The Morgan fingerprint density at radius 3 is 1.14 bits per heavy atom. The minimum atomic E-state index is 0.637. The van der Waals surface area contributed by atoms with E-state index in [0.717, 1.165) is 61.5 Å². The zero-order chi connectivity index (χ0) is 38.7. The Labute approximate surface area is 337 Å². The molecule has 0 fully saturated rings. The number of pyridine rings is 1. The summed E-state index contributed by atoms with van der Waals surface area (Å²) >= 11 is 0. The summed E-state index contributed by atoms with van der Waals surface area (Å²) in [5, 5.41) is 2.38. The van der Waals surface area contributed by atoms with E-state index >= 15 is 0 Å². The summed E-state index contributed by atoms with van der Waals surface area (Å²) < 4.78 is 0. The minimum absolute atomic E-state index is 0.637. The van der Waals surface area contributed by atoms with Crippen molar-refractivity contribution in [3.63, 3.8) is 0 Å². The van der Waals surface area contributed by atoms with Crippen molar-refractivity contribution in [2.45, 2.75) is 0 Å². The maximum Gasteiger partial charge on any atom is 0.164 e. The molecule has 0 amide bonds. The van der Waals surface area contributed by atoms with Crippen LogP contribution in [0, 0.1) is 0 Å². The molecule has 0 atom stereocenters. The molecule has 0 radical (unpaired) electrons. The second-order valence-corrected chi connectivity index (χ2v) is 14.3. The molecule has 2 aromatic heterocycles. The zero-order valence-electron chi connectivity index (χ0n) is 31.6. The number of nitrogens with zero attached hydrogens (tertiary/aromatic N) is 4. The van der Waals surface area contributed by atoms with E-state index in [1.165, 1.54) is 21.9 Å². The maximum absolute atomic E-state index is 5.15. The summed E-state index contributed by atoms with van der Waals surface area (Å²) in [5.74, 6) is 1.93. The monoisotopic (exact) mass is 740 g/mol. The van der Waals surface area contributed by atoms with E-state index in [1.54, 1.807) is 0 Å². The van der Waals surface area contributed by atoms with Crippen LogP contribution in [0.25, 0.3) is 101 Å². The molecular formula is C54H36N4. The van der Waals surface area contributed by atoms with Crippen molar-refractivity contribution in [1.82, 2.24) is 19.9 Å². The summed E-state index contributed by atoms with van der Waals surface area (Å²) in [5.41, 5.74) is 13.8. The van der Waals surface area contributed by atoms with E-state index in [4.69, 9.17) is 19.9 Å². The molecule has 0 aliphatic heterocycles. The third kappa shape index (κ3) is 7.07. The highest BCUT2D eigenvalue weighted by atomic mass is 15.0. The quantitative estimate of drug-likeness (QED) is 0.156. The van der Waals surface area contributed by atoms with Crippen LogP contribution in [-0.4, -0.2) is 19.9 Å². The van der Waals surface area contributed by atoms with Crippen LogP contribution in [0.1, 0.15) is 0 Å². The van der Waals surface area contributed by atoms with Crippen molar-refractivity contribution in [1.29, 1.82) is 0 Å². The van der Waals surface area contributed by atoms with Gasteiger partial charge in [-0.15, -0.1) is 0 Å². The van der Waals surface area contributed by atoms with Crippen molar-refractivity contribution >= 4 is 10.8 Å². The fourth-order valence-electron chi connectivity index (χ4n) is 7.52. The van der Waals surface area contributed by atoms with Gasteiger partial charge in [0.25, 0.3) is 0 Å². The highest BCUT2D eigenvalue weighted by molar-refractivity contribution is 6.00. The molecule has 0 bridgehead atoms. The Kier molecular flexibility index (Phi) is 9.18. The van der Waals surface area contributed by atoms with E-state index < -0.39 is 0 Å². The summed E-state index contributed by atoms with van der Waals surface area (Å²) in [4.78, 5) is 19.9. The van der Waals surface area contributed by atoms with Crippen molar-refractivity contribution < 1.29 is 0 Å². The first kappa shape index (κ1) is 34.7. The molecule has 4 nitrogen and oxygen atoms in total. The van der Waals surface area contributed by atoms with Crippen molar-refractivity contribution in [2.75, 3.05) is 0 Å². The first-order valence-corrected chi connectivity index (χ1v) is 19.5. The lowest BCUT2D eigenvalue weighted by Gasteiger charge is -2.13. The second kappa shape index (κ2) is 15.4. The molecule has 0 N–H and O–H groups in total. The zero-order valence-corrected chi connectivity index (χ0v) is 31.6. The van der Waals surface area contributed by atoms with E-state index in [0.29, 0.717) is 17.5 Å². The SMILES string of the molecule is c1ccc(-c2cc(-c3ccccc3)nc(-c3ccc(-c4cc(-c5ccc(-c6nc(-c7ccccc7)nc(-c7ccccc7)n6)cc5)c5ccccc5c4)cc3)c2)cc1. The van der Waals surface area contributed by atoms with E-state index in [1.807, 2.05) is 66.7 Å². The lowest BCUT2D eigenvalue weighted by Crippen LogP contribution is -2.00. The molecule has 0 saturated carbocycles. The van der Waals surface area contributed by atoms with Crippen LogP contribution < -0.4 is 0 Å². The van der Waals surface area contributed by atoms with E-state index in [9.17, 15) is 0 Å². The predicted octanol–water partition coefficient (Wildman–Crippen LogP) is 13.8. The molecule has 272 valence electrons. The van der Waals surface area contributed by atoms with Gasteiger partial charge < -0.3 is 0 Å². The predicted molar refractivity (Wildman–Crippen MR) is 239 cm³/mol. The summed E-state index contributed by atoms with van der Waals surface area (Å²) in [7, 11) is 0. The molecule has 10 aromatic rings. The summed E-state index contributed by atoms with van der Waals surface area (Å²) in [6, 6.07) is 76.0. The molecule has 0 spiro atoms. The highest BCUT2D eigenvalue weighted by Crippen LogP contribution is 2.37. The second-order valence-electron chi connectivity index (χ2n) is 14.3. The van der Waals surface area contributed by atoms with Gasteiger partial charge in [0.05, 0.1) is 11.4 Å². The Balaban J connectivity index is 1.01. The number of benzene rings is 8. The topological polar surface area (TPSA) is 51.6 Å². The van der Waals surface area contributed by atoms with Gasteiger partial charge in [0.2, 0.25) is 0 Å². The van der Waals surface area contributed by atoms with Crippen LogP contribution in [0.4, 0.5) is 0 Å². The molecular weight excluding hydrogens is 705 g/mol. The highest BCUT2D eigenvalue weighted by Gasteiger charge is 2.15. The Morgan fingerprint density at radius 1 is 0.224 bits per heavy atom. The summed E-state index contributed by atoms with van der Waals surface area (Å²) in [6.45, 7) is 0. The van der Waals surface area contributed by atoms with Crippen LogP contribution in [-0.2, 0) is 0 Å². The lowest BCUT2D eigenvalue weighted by molar-refractivity contribution is 1.07. The Bertz CT molecular complexity index is 2890. The standard InChI is InChI=1S/C54H36N4/c1-5-15-37(16-6-1)47-35-50(40-17-7-2-8-18-40)55-51(36-47)41-29-25-38(26-30-41)46-33-45-23-13-14-24-48(45)49(34-46)39-27-31-44(32-28-39)54-57-52(42-19-9-3-10-20-42)56-53(58-54)43-21-11-4-12-22-43/h1-36H. The van der Waals surface area contributed by atoms with Gasteiger partial charge in [0.1, 0.15) is 0 Å². The van der Waals surface area contributed by atoms with E-state index in [2.05, 4.69) is 152 Å². The van der Waals surface area contributed by atoms with Gasteiger partial charge in [0.15, 0.2) is 17.5 Å². The van der Waals surface area contributed by atoms with Gasteiger partial charge in [-0.25, -0.2) is 19.9 Å². The molecule has 0 aliphatic rings. The molecule has 0 unspecified atom stereocenters. The first-order valence-electron chi connectivity index (χ1n) is 19.5. The normalized spacial score (nSPS) is 11.1. The fourth-order valence-corrected chi connectivity index (χ4v) is 7.52. The smallest absolute Gasteiger partial charge is 0.164 e. The largest absolute Gasteiger partial charge is 0.248 e. The van der Waals surface area contributed by atoms with Gasteiger partial charge in [-0.05, 0) is 68.4 Å². The third-order valence-corrected chi connectivity index (χ3v) is 10.5. The van der Waals surface area contributed by atoms with Gasteiger partial charge in [-0.2, -0.15) is 0 Å². The minimum Gasteiger partial charge on any atom is -0.248 e. The Morgan fingerprint density at radius 2 is 0.586 bits per heavy atom. The van der Waals surface area contributed by atoms with Crippen LogP contribution in [0.15, 0.2) is 218 Å². The maximum atomic E-state index is 5.15. The average molecular weight is 741 g/mol. The van der Waals surface area contributed by atoms with Gasteiger partial charge in [-0.1, -0.05) is 194 Å². The van der Waals surface area contributed by atoms with Gasteiger partial charge >= 0.3 is 0 Å². The number of rotatable bonds is 8. The molecule has 8 aromatic carbocycles. The molecule has 2 heterocycles. The van der Waals surface area contributed by atoms with Crippen molar-refractivity contribution in [3.8, 4) is 90.1 Å². The lowest BCUT2D eigenvalue weighted by atomic mass is 9.92. The number of fused-ring (bicyclic) bond motifs is 1. The van der Waals surface area contributed by atoms with Crippen molar-refractivity contribution in [2.24, 2.45) is 0 Å². The number of aromatic nitrogens is 4. The molecule has 0 saturated heterocycles. The van der Waals surface area contributed by atoms with Crippen LogP contribution in [0.2, 0.25) is 0 Å². The van der Waals surface area contributed by atoms with Crippen molar-refractivity contribution in [3.05, 3.63) is 218 Å². The fraction of sp³-hybridized carbons (Fsp3) is 0. The van der Waals surface area contributed by atoms with Crippen LogP contribution >= 0.6 is 0 Å². The number of hydrogen-bond acceptors (Lipinski definition) is 4. The number of hydrogen-bond donors (Lipinski definition) is 0. The Hall–Kier alpha value is -7.82. The summed E-state index contributed by atoms with van der Waals surface area (Å²) in [6.07, 6.45) is 0. The molecule has 10 rings (SSSR count). The molecule has 4 heteroatoms.